The number of carbonyl (C=O) groups is 1. The van der Waals surface area contributed by atoms with Crippen molar-refractivity contribution < 1.29 is 43.0 Å². The first-order chi connectivity index (χ1) is 25.8. The average molecular weight is 771 g/mol. The number of esters is 1. The second kappa shape index (κ2) is 40.1. The lowest BCUT2D eigenvalue weighted by molar-refractivity contribution is -0.154. The van der Waals surface area contributed by atoms with Crippen molar-refractivity contribution in [3.05, 3.63) is 48.6 Å². The van der Waals surface area contributed by atoms with Crippen molar-refractivity contribution in [2.24, 2.45) is 0 Å². The lowest BCUT2D eigenvalue weighted by Crippen LogP contribution is -2.29. The fraction of sp³-hybridized carbons (Fsp3) is 0.791. The Balaban J connectivity index is 4.23. The molecule has 0 amide bonds. The van der Waals surface area contributed by atoms with Crippen LogP contribution in [0.5, 0.6) is 0 Å². The SMILES string of the molecule is CC/C=C\C/C=C\C/C=C\C/C=C\CCCCCCC(=O)OC(COCCCCCCCCCCCCCCCCC)COP(=O)(O)OCC(O)CO. The maximum absolute atomic E-state index is 12.6. The Morgan fingerprint density at radius 2 is 1.08 bits per heavy atom. The van der Waals surface area contributed by atoms with E-state index in [0.29, 0.717) is 13.0 Å². The maximum Gasteiger partial charge on any atom is 0.472 e. The summed E-state index contributed by atoms with van der Waals surface area (Å²) in [6, 6.07) is 0. The molecule has 3 unspecified atom stereocenters. The number of hydrogen-bond donors (Lipinski definition) is 3. The van der Waals surface area contributed by atoms with Gasteiger partial charge < -0.3 is 24.6 Å². The molecule has 310 valence electrons. The van der Waals surface area contributed by atoms with Gasteiger partial charge >= 0.3 is 13.8 Å². The molecule has 0 bridgehead atoms. The van der Waals surface area contributed by atoms with Gasteiger partial charge in [0, 0.05) is 13.0 Å². The predicted octanol–water partition coefficient (Wildman–Crippen LogP) is 11.4. The van der Waals surface area contributed by atoms with Gasteiger partial charge in [-0.3, -0.25) is 13.8 Å². The molecule has 0 aliphatic carbocycles. The molecule has 53 heavy (non-hydrogen) atoms. The van der Waals surface area contributed by atoms with E-state index in [0.717, 1.165) is 70.6 Å². The molecule has 0 spiro atoms. The number of aliphatic hydroxyl groups excluding tert-OH is 2. The highest BCUT2D eigenvalue weighted by Gasteiger charge is 2.26. The fourth-order valence-electron chi connectivity index (χ4n) is 5.58. The molecule has 10 heteroatoms. The van der Waals surface area contributed by atoms with E-state index in [1.165, 1.54) is 77.0 Å². The number of unbranched alkanes of at least 4 members (excludes halogenated alkanes) is 18. The van der Waals surface area contributed by atoms with Gasteiger partial charge in [-0.1, -0.05) is 165 Å². The number of phosphoric acid groups is 1. The van der Waals surface area contributed by atoms with Gasteiger partial charge in [0.15, 0.2) is 0 Å². The van der Waals surface area contributed by atoms with E-state index in [1.807, 2.05) is 0 Å². The Bertz CT molecular complexity index is 965. The largest absolute Gasteiger partial charge is 0.472 e. The molecule has 3 atom stereocenters. The molecule has 0 aromatic rings. The summed E-state index contributed by atoms with van der Waals surface area (Å²) >= 11 is 0. The Labute approximate surface area is 324 Å². The first-order valence-electron chi connectivity index (χ1n) is 21.1. The number of rotatable bonds is 40. The third-order valence-corrected chi connectivity index (χ3v) is 9.73. The molecule has 0 rings (SSSR count). The minimum atomic E-state index is -4.52. The van der Waals surface area contributed by atoms with E-state index in [9.17, 15) is 19.4 Å². The van der Waals surface area contributed by atoms with Crippen molar-refractivity contribution in [1.29, 1.82) is 0 Å². The van der Waals surface area contributed by atoms with Crippen LogP contribution in [0.2, 0.25) is 0 Å². The second-order valence-electron chi connectivity index (χ2n) is 14.0. The summed E-state index contributed by atoms with van der Waals surface area (Å²) in [5.74, 6) is -0.405. The highest BCUT2D eigenvalue weighted by molar-refractivity contribution is 7.47. The van der Waals surface area contributed by atoms with Gasteiger partial charge in [-0.25, -0.2) is 4.57 Å². The Morgan fingerprint density at radius 3 is 1.62 bits per heavy atom. The molecule has 0 aromatic heterocycles. The van der Waals surface area contributed by atoms with E-state index in [2.05, 4.69) is 62.5 Å². The van der Waals surface area contributed by atoms with Gasteiger partial charge in [0.1, 0.15) is 12.2 Å². The van der Waals surface area contributed by atoms with E-state index in [4.69, 9.17) is 23.6 Å². The van der Waals surface area contributed by atoms with Gasteiger partial charge in [-0.05, 0) is 51.4 Å². The van der Waals surface area contributed by atoms with E-state index in [-0.39, 0.29) is 19.6 Å². The number of allylic oxidation sites excluding steroid dienone is 8. The molecule has 0 saturated heterocycles. The van der Waals surface area contributed by atoms with Crippen molar-refractivity contribution in [2.45, 2.75) is 187 Å². The highest BCUT2D eigenvalue weighted by Crippen LogP contribution is 2.43. The summed E-state index contributed by atoms with van der Waals surface area (Å²) in [5, 5.41) is 18.3. The first-order valence-corrected chi connectivity index (χ1v) is 22.6. The zero-order valence-corrected chi connectivity index (χ0v) is 34.6. The number of carbonyl (C=O) groups excluding carboxylic acids is 1. The van der Waals surface area contributed by atoms with Crippen LogP contribution in [0.3, 0.4) is 0 Å². The standard InChI is InChI=1S/C43H79O9P/c1-3-5-7-9-11-13-15-17-19-20-21-23-25-27-29-31-33-35-43(46)52-42(40-51-53(47,48)50-38-41(45)37-44)39-49-36-34-32-30-28-26-24-22-18-16-14-12-10-8-6-4-2/h5,7,11,13,17,19,21,23,41-42,44-45H,3-4,6,8-10,12,14-16,18,20,22,24-40H2,1-2H3,(H,47,48)/b7-5-,13-11-,19-17-,23-21-. The molecule has 0 heterocycles. The van der Waals surface area contributed by atoms with Gasteiger partial charge in [0.05, 0.1) is 26.4 Å². The van der Waals surface area contributed by atoms with Gasteiger partial charge in [0.2, 0.25) is 0 Å². The van der Waals surface area contributed by atoms with Crippen LogP contribution in [0.15, 0.2) is 48.6 Å². The third-order valence-electron chi connectivity index (χ3n) is 8.78. The molecule has 3 N–H and O–H groups in total. The summed E-state index contributed by atoms with van der Waals surface area (Å²) in [5.41, 5.74) is 0. The normalized spacial score (nSPS) is 14.6. The van der Waals surface area contributed by atoms with Gasteiger partial charge in [0.25, 0.3) is 0 Å². The van der Waals surface area contributed by atoms with Gasteiger partial charge in [-0.15, -0.1) is 0 Å². The van der Waals surface area contributed by atoms with Crippen molar-refractivity contribution >= 4 is 13.8 Å². The number of ether oxygens (including phenoxy) is 2. The van der Waals surface area contributed by atoms with Crippen molar-refractivity contribution in [2.75, 3.05) is 33.0 Å². The Morgan fingerprint density at radius 1 is 0.604 bits per heavy atom. The maximum atomic E-state index is 12.6. The molecule has 0 aliphatic heterocycles. The van der Waals surface area contributed by atoms with Crippen LogP contribution >= 0.6 is 7.82 Å². The van der Waals surface area contributed by atoms with Crippen LogP contribution in [0, 0.1) is 0 Å². The van der Waals surface area contributed by atoms with Crippen LogP contribution in [-0.4, -0.2) is 66.3 Å². The lowest BCUT2D eigenvalue weighted by Gasteiger charge is -2.20. The van der Waals surface area contributed by atoms with Crippen LogP contribution in [0.4, 0.5) is 0 Å². The van der Waals surface area contributed by atoms with Crippen LogP contribution in [0.25, 0.3) is 0 Å². The van der Waals surface area contributed by atoms with Crippen LogP contribution < -0.4 is 0 Å². The molecular weight excluding hydrogens is 691 g/mol. The monoisotopic (exact) mass is 771 g/mol. The van der Waals surface area contributed by atoms with Gasteiger partial charge in [-0.2, -0.15) is 0 Å². The summed E-state index contributed by atoms with van der Waals surface area (Å²) in [4.78, 5) is 22.5. The fourth-order valence-corrected chi connectivity index (χ4v) is 6.37. The molecule has 9 nitrogen and oxygen atoms in total. The van der Waals surface area contributed by atoms with Crippen molar-refractivity contribution in [1.82, 2.24) is 0 Å². The molecule has 0 saturated carbocycles. The average Bonchev–Trinajstić information content (AvgIpc) is 3.15. The predicted molar refractivity (Wildman–Crippen MR) is 219 cm³/mol. The lowest BCUT2D eigenvalue weighted by atomic mass is 10.0. The Hall–Kier alpha value is -1.58. The molecule has 0 radical (unpaired) electrons. The zero-order valence-electron chi connectivity index (χ0n) is 33.7. The number of hydrogen-bond acceptors (Lipinski definition) is 8. The summed E-state index contributed by atoms with van der Waals surface area (Å²) in [7, 11) is -4.52. The third kappa shape index (κ3) is 39.9. The minimum Gasteiger partial charge on any atom is -0.457 e. The highest BCUT2D eigenvalue weighted by atomic mass is 31.2. The number of aliphatic hydroxyl groups is 2. The van der Waals surface area contributed by atoms with Crippen molar-refractivity contribution in [3.63, 3.8) is 0 Å². The summed E-state index contributed by atoms with van der Waals surface area (Å²) in [6.45, 7) is 3.38. The molecule has 0 aromatic carbocycles. The van der Waals surface area contributed by atoms with E-state index >= 15 is 0 Å². The number of phosphoric ester groups is 1. The molecule has 0 aliphatic rings. The van der Waals surface area contributed by atoms with Crippen molar-refractivity contribution in [3.8, 4) is 0 Å². The topological polar surface area (TPSA) is 132 Å². The minimum absolute atomic E-state index is 0.0402. The van der Waals surface area contributed by atoms with Crippen LogP contribution in [-0.2, 0) is 27.9 Å². The van der Waals surface area contributed by atoms with E-state index in [1.54, 1.807) is 0 Å². The first kappa shape index (κ1) is 51.4. The summed E-state index contributed by atoms with van der Waals surface area (Å²) < 4.78 is 33.3. The van der Waals surface area contributed by atoms with E-state index < -0.39 is 39.2 Å². The second-order valence-corrected chi connectivity index (χ2v) is 15.4. The smallest absolute Gasteiger partial charge is 0.457 e. The van der Waals surface area contributed by atoms with Crippen LogP contribution in [0.1, 0.15) is 174 Å². The molecular formula is C43H79O9P. The molecule has 0 fully saturated rings. The summed E-state index contributed by atoms with van der Waals surface area (Å²) in [6.07, 6.45) is 43.5. The quantitative estimate of drug-likeness (QED) is 0.0241. The Kier molecular flexibility index (Phi) is 38.9. The zero-order chi connectivity index (χ0) is 38.9.